The standard InChI is InChI=1S/C18H20F3N5O2/c19-18(20,21)15(26-9-7-22-8-10-26)11-24-16(27)12-4-5-14(25-17(12)28)13-3-1-2-6-23-13/h1-6,15,22H,7-11H2,(H,24,27)(H,25,28). The first-order valence-electron chi connectivity index (χ1n) is 8.80. The van der Waals surface area contributed by atoms with Crippen LogP contribution in [0.5, 0.6) is 0 Å². The second-order valence-electron chi connectivity index (χ2n) is 6.38. The largest absolute Gasteiger partial charge is 0.405 e. The van der Waals surface area contributed by atoms with Gasteiger partial charge in [0.25, 0.3) is 11.5 Å². The minimum atomic E-state index is -4.49. The molecule has 28 heavy (non-hydrogen) atoms. The van der Waals surface area contributed by atoms with Crippen molar-refractivity contribution in [2.24, 2.45) is 0 Å². The van der Waals surface area contributed by atoms with Gasteiger partial charge in [0.2, 0.25) is 0 Å². The maximum Gasteiger partial charge on any atom is 0.405 e. The quantitative estimate of drug-likeness (QED) is 0.703. The molecule has 1 saturated heterocycles. The predicted octanol–water partition coefficient (Wildman–Crippen LogP) is 1.00. The Morgan fingerprint density at radius 1 is 1.21 bits per heavy atom. The minimum absolute atomic E-state index is 0.236. The number of H-pyrrole nitrogens is 1. The number of carbonyl (C=O) groups is 1. The van der Waals surface area contributed by atoms with Gasteiger partial charge >= 0.3 is 6.18 Å². The molecule has 1 amide bonds. The summed E-state index contributed by atoms with van der Waals surface area (Å²) in [5, 5.41) is 5.24. The third-order valence-corrected chi connectivity index (χ3v) is 4.52. The van der Waals surface area contributed by atoms with E-state index in [9.17, 15) is 22.8 Å². The summed E-state index contributed by atoms with van der Waals surface area (Å²) in [5.41, 5.74) is -0.00848. The van der Waals surface area contributed by atoms with Crippen LogP contribution in [0.2, 0.25) is 0 Å². The zero-order chi connectivity index (χ0) is 20.1. The highest BCUT2D eigenvalue weighted by Crippen LogP contribution is 2.24. The van der Waals surface area contributed by atoms with E-state index in [0.29, 0.717) is 24.5 Å². The van der Waals surface area contributed by atoms with Gasteiger partial charge in [0.15, 0.2) is 0 Å². The third kappa shape index (κ3) is 4.76. The highest BCUT2D eigenvalue weighted by molar-refractivity contribution is 5.94. The number of nitrogens with zero attached hydrogens (tertiary/aromatic N) is 2. The first-order chi connectivity index (χ1) is 13.4. The molecule has 3 N–H and O–H groups in total. The number of alkyl halides is 3. The van der Waals surface area contributed by atoms with Crippen LogP contribution in [0.1, 0.15) is 10.4 Å². The summed E-state index contributed by atoms with van der Waals surface area (Å²) in [5.74, 6) is -0.849. The molecule has 7 nitrogen and oxygen atoms in total. The molecule has 0 bridgehead atoms. The fourth-order valence-electron chi connectivity index (χ4n) is 3.05. The van der Waals surface area contributed by atoms with E-state index in [1.54, 1.807) is 24.4 Å². The Morgan fingerprint density at radius 2 is 1.96 bits per heavy atom. The zero-order valence-corrected chi connectivity index (χ0v) is 14.9. The summed E-state index contributed by atoms with van der Waals surface area (Å²) in [7, 11) is 0. The fourth-order valence-corrected chi connectivity index (χ4v) is 3.05. The van der Waals surface area contributed by atoms with Crippen molar-refractivity contribution < 1.29 is 18.0 Å². The molecule has 2 aromatic rings. The van der Waals surface area contributed by atoms with Crippen molar-refractivity contribution >= 4 is 5.91 Å². The number of rotatable bonds is 5. The fraction of sp³-hybridized carbons (Fsp3) is 0.389. The molecule has 2 aromatic heterocycles. The smallest absolute Gasteiger partial charge is 0.350 e. The van der Waals surface area contributed by atoms with Crippen molar-refractivity contribution in [2.75, 3.05) is 32.7 Å². The second kappa shape index (κ2) is 8.53. The third-order valence-electron chi connectivity index (χ3n) is 4.52. The molecule has 150 valence electrons. The first-order valence-corrected chi connectivity index (χ1v) is 8.80. The maximum absolute atomic E-state index is 13.4. The summed E-state index contributed by atoms with van der Waals surface area (Å²) in [4.78, 5) is 32.4. The number of nitrogens with one attached hydrogen (secondary N) is 3. The van der Waals surface area contributed by atoms with Crippen molar-refractivity contribution in [1.29, 1.82) is 0 Å². The van der Waals surface area contributed by atoms with Gasteiger partial charge in [-0.3, -0.25) is 19.5 Å². The van der Waals surface area contributed by atoms with Crippen LogP contribution in [0.15, 0.2) is 41.3 Å². The van der Waals surface area contributed by atoms with Gasteiger partial charge in [0, 0.05) is 38.9 Å². The van der Waals surface area contributed by atoms with Gasteiger partial charge in [-0.2, -0.15) is 13.2 Å². The number of piperazine rings is 1. The van der Waals surface area contributed by atoms with Gasteiger partial charge < -0.3 is 15.6 Å². The maximum atomic E-state index is 13.4. The predicted molar refractivity (Wildman–Crippen MR) is 96.9 cm³/mol. The molecule has 0 spiro atoms. The molecular formula is C18H20F3N5O2. The molecule has 1 aliphatic rings. The van der Waals surface area contributed by atoms with Gasteiger partial charge in [-0.05, 0) is 24.3 Å². The summed E-state index contributed by atoms with van der Waals surface area (Å²) >= 11 is 0. The lowest BCUT2D eigenvalue weighted by atomic mass is 10.1. The molecule has 3 heterocycles. The number of aromatic amines is 1. The van der Waals surface area contributed by atoms with Crippen LogP contribution in [0, 0.1) is 0 Å². The van der Waals surface area contributed by atoms with Gasteiger partial charge in [0.05, 0.1) is 11.4 Å². The van der Waals surface area contributed by atoms with Crippen molar-refractivity contribution in [1.82, 2.24) is 25.5 Å². The zero-order valence-electron chi connectivity index (χ0n) is 14.9. The summed E-state index contributed by atoms with van der Waals surface area (Å²) in [6.07, 6.45) is -2.93. The highest BCUT2D eigenvalue weighted by atomic mass is 19.4. The van der Waals surface area contributed by atoms with Crippen molar-refractivity contribution in [3.05, 3.63) is 52.4 Å². The summed E-state index contributed by atoms with van der Waals surface area (Å²) < 4.78 is 40.2. The van der Waals surface area contributed by atoms with E-state index in [0.717, 1.165) is 0 Å². The molecule has 1 fully saturated rings. The number of hydrogen-bond donors (Lipinski definition) is 3. The molecule has 0 saturated carbocycles. The van der Waals surface area contributed by atoms with Crippen molar-refractivity contribution in [3.8, 4) is 11.4 Å². The molecule has 0 aromatic carbocycles. The van der Waals surface area contributed by atoms with Gasteiger partial charge in [0.1, 0.15) is 11.6 Å². The average molecular weight is 395 g/mol. The summed E-state index contributed by atoms with van der Waals surface area (Å²) in [6.45, 7) is 0.757. The Hall–Kier alpha value is -2.72. The molecule has 0 radical (unpaired) electrons. The van der Waals surface area contributed by atoms with Crippen molar-refractivity contribution in [2.45, 2.75) is 12.2 Å². The highest BCUT2D eigenvalue weighted by Gasteiger charge is 2.43. The monoisotopic (exact) mass is 395 g/mol. The van der Waals surface area contributed by atoms with E-state index in [1.165, 1.54) is 17.0 Å². The van der Waals surface area contributed by atoms with E-state index in [1.807, 2.05) is 0 Å². The Kier molecular flexibility index (Phi) is 6.10. The number of pyridine rings is 2. The van der Waals surface area contributed by atoms with Crippen molar-refractivity contribution in [3.63, 3.8) is 0 Å². The van der Waals surface area contributed by atoms with E-state index < -0.39 is 30.2 Å². The minimum Gasteiger partial charge on any atom is -0.350 e. The number of carbonyl (C=O) groups excluding carboxylic acids is 1. The van der Waals surface area contributed by atoms with Crippen LogP contribution in [0.4, 0.5) is 13.2 Å². The molecule has 1 unspecified atom stereocenters. The lowest BCUT2D eigenvalue weighted by Gasteiger charge is -2.35. The van der Waals surface area contributed by atoms with Crippen LogP contribution in [-0.4, -0.2) is 65.7 Å². The Morgan fingerprint density at radius 3 is 2.57 bits per heavy atom. The molecule has 1 atom stereocenters. The lowest BCUT2D eigenvalue weighted by molar-refractivity contribution is -0.183. The molecule has 1 aliphatic heterocycles. The van der Waals surface area contributed by atoms with Crippen LogP contribution < -0.4 is 16.2 Å². The van der Waals surface area contributed by atoms with E-state index >= 15 is 0 Å². The number of halogens is 3. The SMILES string of the molecule is O=C(NCC(N1CCNCC1)C(F)(F)F)c1ccc(-c2ccccn2)[nH]c1=O. The average Bonchev–Trinajstić information content (AvgIpc) is 2.68. The number of hydrogen-bond acceptors (Lipinski definition) is 5. The Bertz CT molecular complexity index is 864. The van der Waals surface area contributed by atoms with E-state index in [-0.39, 0.29) is 18.7 Å². The molecule has 0 aliphatic carbocycles. The number of amides is 1. The van der Waals surface area contributed by atoms with Crippen LogP contribution in [0.25, 0.3) is 11.4 Å². The van der Waals surface area contributed by atoms with Crippen LogP contribution in [-0.2, 0) is 0 Å². The second-order valence-corrected chi connectivity index (χ2v) is 6.38. The molecular weight excluding hydrogens is 375 g/mol. The normalized spacial score (nSPS) is 16.5. The molecule has 10 heteroatoms. The number of aromatic nitrogens is 2. The van der Waals surface area contributed by atoms with Crippen LogP contribution in [0.3, 0.4) is 0 Å². The van der Waals surface area contributed by atoms with Gasteiger partial charge in [-0.1, -0.05) is 6.07 Å². The van der Waals surface area contributed by atoms with Gasteiger partial charge in [-0.15, -0.1) is 0 Å². The summed E-state index contributed by atoms with van der Waals surface area (Å²) in [6, 6.07) is 6.13. The Balaban J connectivity index is 1.70. The van der Waals surface area contributed by atoms with Gasteiger partial charge in [-0.25, -0.2) is 0 Å². The lowest BCUT2D eigenvalue weighted by Crippen LogP contribution is -2.57. The van der Waals surface area contributed by atoms with Crippen LogP contribution >= 0.6 is 0 Å². The van der Waals surface area contributed by atoms with E-state index in [2.05, 4.69) is 20.6 Å². The molecule has 3 rings (SSSR count). The Labute approximate surface area is 159 Å². The first kappa shape index (κ1) is 20.0. The topological polar surface area (TPSA) is 90.1 Å². The van der Waals surface area contributed by atoms with E-state index in [4.69, 9.17) is 0 Å².